The maximum atomic E-state index is 13.4. The molecular weight excluding hydrogens is 255 g/mol. The van der Waals surface area contributed by atoms with Gasteiger partial charge in [0.15, 0.2) is 0 Å². The van der Waals surface area contributed by atoms with E-state index in [9.17, 15) is 13.2 Å². The molecule has 0 fully saturated rings. The lowest BCUT2D eigenvalue weighted by atomic mass is 10.2. The van der Waals surface area contributed by atoms with Crippen molar-refractivity contribution < 1.29 is 17.9 Å². The zero-order chi connectivity index (χ0) is 13.8. The molecular formula is C14H12F3NO. The lowest BCUT2D eigenvalue weighted by Crippen LogP contribution is -2.06. The molecule has 0 aliphatic carbocycles. The molecule has 0 saturated carbocycles. The highest BCUT2D eigenvalue weighted by atomic mass is 19.1. The standard InChI is InChI=1S/C14H12F3NO/c15-10-4-5-12(16)9(6-10)8-19-14-3-1-2-13(17)11(14)7-18/h1-6H,7-8,18H2. The van der Waals surface area contributed by atoms with E-state index in [4.69, 9.17) is 10.5 Å². The van der Waals surface area contributed by atoms with Gasteiger partial charge in [0.25, 0.3) is 0 Å². The molecule has 0 aliphatic rings. The van der Waals surface area contributed by atoms with Crippen LogP contribution in [0.5, 0.6) is 5.75 Å². The maximum Gasteiger partial charge on any atom is 0.131 e. The molecule has 0 aliphatic heterocycles. The molecule has 0 bridgehead atoms. The van der Waals surface area contributed by atoms with Crippen molar-refractivity contribution in [3.8, 4) is 5.75 Å². The summed E-state index contributed by atoms with van der Waals surface area (Å²) in [5, 5.41) is 0. The smallest absolute Gasteiger partial charge is 0.131 e. The second-order valence-corrected chi connectivity index (χ2v) is 3.95. The molecule has 19 heavy (non-hydrogen) atoms. The Bertz CT molecular complexity index is 587. The first-order valence-corrected chi connectivity index (χ1v) is 5.66. The van der Waals surface area contributed by atoms with Crippen LogP contribution in [0.25, 0.3) is 0 Å². The van der Waals surface area contributed by atoms with E-state index in [0.29, 0.717) is 0 Å². The van der Waals surface area contributed by atoms with Crippen molar-refractivity contribution >= 4 is 0 Å². The molecule has 0 aromatic heterocycles. The third-order valence-electron chi connectivity index (χ3n) is 2.67. The highest BCUT2D eigenvalue weighted by Gasteiger charge is 2.10. The summed E-state index contributed by atoms with van der Waals surface area (Å²) in [4.78, 5) is 0. The average molecular weight is 267 g/mol. The molecule has 2 N–H and O–H groups in total. The number of halogens is 3. The van der Waals surface area contributed by atoms with Crippen LogP contribution < -0.4 is 10.5 Å². The molecule has 2 aromatic carbocycles. The molecule has 100 valence electrons. The minimum Gasteiger partial charge on any atom is -0.488 e. The zero-order valence-electron chi connectivity index (χ0n) is 10.00. The van der Waals surface area contributed by atoms with E-state index in [0.717, 1.165) is 18.2 Å². The van der Waals surface area contributed by atoms with Crippen molar-refractivity contribution in [2.24, 2.45) is 5.73 Å². The van der Waals surface area contributed by atoms with Crippen LogP contribution >= 0.6 is 0 Å². The molecule has 0 heterocycles. The average Bonchev–Trinajstić information content (AvgIpc) is 2.40. The first-order chi connectivity index (χ1) is 9.11. The molecule has 2 rings (SSSR count). The van der Waals surface area contributed by atoms with Crippen LogP contribution in [-0.2, 0) is 13.2 Å². The Hall–Kier alpha value is -2.01. The molecule has 0 unspecified atom stereocenters. The number of benzene rings is 2. The largest absolute Gasteiger partial charge is 0.488 e. The molecule has 2 aromatic rings. The van der Waals surface area contributed by atoms with Crippen molar-refractivity contribution in [2.45, 2.75) is 13.2 Å². The first kappa shape index (κ1) is 13.4. The normalized spacial score (nSPS) is 10.5. The molecule has 0 amide bonds. The number of hydrogen-bond donors (Lipinski definition) is 1. The van der Waals surface area contributed by atoms with Crippen LogP contribution in [0.3, 0.4) is 0 Å². The Balaban J connectivity index is 2.19. The van der Waals surface area contributed by atoms with Gasteiger partial charge in [0.2, 0.25) is 0 Å². The van der Waals surface area contributed by atoms with Gasteiger partial charge in [0, 0.05) is 17.7 Å². The topological polar surface area (TPSA) is 35.2 Å². The van der Waals surface area contributed by atoms with Gasteiger partial charge >= 0.3 is 0 Å². The van der Waals surface area contributed by atoms with E-state index in [1.807, 2.05) is 0 Å². The predicted molar refractivity (Wildman–Crippen MR) is 65.0 cm³/mol. The van der Waals surface area contributed by atoms with Crippen LogP contribution in [0.15, 0.2) is 36.4 Å². The number of rotatable bonds is 4. The summed E-state index contributed by atoms with van der Waals surface area (Å²) >= 11 is 0. The van der Waals surface area contributed by atoms with Gasteiger partial charge < -0.3 is 10.5 Å². The fraction of sp³-hybridized carbons (Fsp3) is 0.143. The summed E-state index contributed by atoms with van der Waals surface area (Å²) in [5.74, 6) is -1.39. The van der Waals surface area contributed by atoms with Gasteiger partial charge in [0.05, 0.1) is 0 Å². The lowest BCUT2D eigenvalue weighted by Gasteiger charge is -2.11. The molecule has 0 radical (unpaired) electrons. The van der Waals surface area contributed by atoms with Crippen molar-refractivity contribution in [3.05, 3.63) is 65.0 Å². The van der Waals surface area contributed by atoms with Gasteiger partial charge in [-0.25, -0.2) is 13.2 Å². The highest BCUT2D eigenvalue weighted by Crippen LogP contribution is 2.22. The van der Waals surface area contributed by atoms with E-state index >= 15 is 0 Å². The molecule has 0 atom stereocenters. The fourth-order valence-corrected chi connectivity index (χ4v) is 1.68. The quantitative estimate of drug-likeness (QED) is 0.923. The van der Waals surface area contributed by atoms with E-state index < -0.39 is 17.5 Å². The SMILES string of the molecule is NCc1c(F)cccc1OCc1cc(F)ccc1F. The van der Waals surface area contributed by atoms with E-state index in [1.54, 1.807) is 0 Å². The fourth-order valence-electron chi connectivity index (χ4n) is 1.68. The monoisotopic (exact) mass is 267 g/mol. The van der Waals surface area contributed by atoms with Gasteiger partial charge in [-0.05, 0) is 30.3 Å². The molecule has 0 spiro atoms. The van der Waals surface area contributed by atoms with Crippen LogP contribution in [0.1, 0.15) is 11.1 Å². The van der Waals surface area contributed by atoms with Crippen LogP contribution in [0.2, 0.25) is 0 Å². The Morgan fingerprint density at radius 3 is 2.53 bits per heavy atom. The van der Waals surface area contributed by atoms with Crippen molar-refractivity contribution in [3.63, 3.8) is 0 Å². The summed E-state index contributed by atoms with van der Waals surface area (Å²) in [6.45, 7) is -0.228. The minimum atomic E-state index is -0.577. The number of nitrogens with two attached hydrogens (primary N) is 1. The van der Waals surface area contributed by atoms with Gasteiger partial charge in [0.1, 0.15) is 29.8 Å². The van der Waals surface area contributed by atoms with Crippen LogP contribution in [0.4, 0.5) is 13.2 Å². The number of hydrogen-bond acceptors (Lipinski definition) is 2. The van der Waals surface area contributed by atoms with Gasteiger partial charge in [-0.1, -0.05) is 6.07 Å². The Kier molecular flexibility index (Phi) is 4.06. The van der Waals surface area contributed by atoms with Gasteiger partial charge in [-0.15, -0.1) is 0 Å². The Morgan fingerprint density at radius 1 is 1.00 bits per heavy atom. The highest BCUT2D eigenvalue weighted by molar-refractivity contribution is 5.34. The zero-order valence-corrected chi connectivity index (χ0v) is 10.00. The summed E-state index contributed by atoms with van der Waals surface area (Å²) in [6.07, 6.45) is 0. The molecule has 2 nitrogen and oxygen atoms in total. The van der Waals surface area contributed by atoms with Gasteiger partial charge in [-0.2, -0.15) is 0 Å². The minimum absolute atomic E-state index is 0.0341. The summed E-state index contributed by atoms with van der Waals surface area (Å²) in [5.41, 5.74) is 5.69. The summed E-state index contributed by atoms with van der Waals surface area (Å²) < 4.78 is 45.1. The Labute approximate surface area is 108 Å². The second kappa shape index (κ2) is 5.75. The summed E-state index contributed by atoms with van der Waals surface area (Å²) in [6, 6.07) is 7.33. The third-order valence-corrected chi connectivity index (χ3v) is 2.67. The van der Waals surface area contributed by atoms with Crippen LogP contribution in [-0.4, -0.2) is 0 Å². The first-order valence-electron chi connectivity index (χ1n) is 5.66. The third kappa shape index (κ3) is 3.06. The Morgan fingerprint density at radius 2 is 1.79 bits per heavy atom. The lowest BCUT2D eigenvalue weighted by molar-refractivity contribution is 0.294. The summed E-state index contributed by atoms with van der Waals surface area (Å²) in [7, 11) is 0. The van der Waals surface area contributed by atoms with Crippen molar-refractivity contribution in [2.75, 3.05) is 0 Å². The van der Waals surface area contributed by atoms with E-state index in [1.165, 1.54) is 18.2 Å². The maximum absolute atomic E-state index is 13.4. The molecule has 0 saturated heterocycles. The second-order valence-electron chi connectivity index (χ2n) is 3.95. The predicted octanol–water partition coefficient (Wildman–Crippen LogP) is 3.14. The number of ether oxygens (including phenoxy) is 1. The van der Waals surface area contributed by atoms with E-state index in [2.05, 4.69) is 0 Å². The molecule has 5 heteroatoms. The van der Waals surface area contributed by atoms with Crippen molar-refractivity contribution in [1.82, 2.24) is 0 Å². The van der Waals surface area contributed by atoms with E-state index in [-0.39, 0.29) is 30.0 Å². The van der Waals surface area contributed by atoms with Crippen molar-refractivity contribution in [1.29, 1.82) is 0 Å². The van der Waals surface area contributed by atoms with Gasteiger partial charge in [-0.3, -0.25) is 0 Å². The van der Waals surface area contributed by atoms with Crippen LogP contribution in [0, 0.1) is 17.5 Å².